The van der Waals surface area contributed by atoms with Crippen molar-refractivity contribution in [2.75, 3.05) is 13.1 Å². The Morgan fingerprint density at radius 2 is 2.04 bits per heavy atom. The number of aromatic hydroxyl groups is 1. The van der Waals surface area contributed by atoms with Crippen LogP contribution in [0.2, 0.25) is 0 Å². The minimum Gasteiger partial charge on any atom is -0.508 e. The fraction of sp³-hybridized carbons (Fsp3) is 0.714. The molecule has 2 bridgehead atoms. The molecule has 2 heteroatoms. The molecule has 2 fully saturated rings. The van der Waals surface area contributed by atoms with E-state index in [1.807, 2.05) is 6.07 Å². The molecule has 0 amide bonds. The topological polar surface area (TPSA) is 23.5 Å². The van der Waals surface area contributed by atoms with Gasteiger partial charge in [0.15, 0.2) is 0 Å². The lowest BCUT2D eigenvalue weighted by Gasteiger charge is -2.62. The lowest BCUT2D eigenvalue weighted by molar-refractivity contribution is -0.0583. The summed E-state index contributed by atoms with van der Waals surface area (Å²) in [7, 11) is 0. The number of rotatable bonds is 3. The molecule has 1 saturated heterocycles. The van der Waals surface area contributed by atoms with Crippen LogP contribution < -0.4 is 0 Å². The minimum atomic E-state index is 0.222. The Hall–Kier alpha value is -1.02. The Kier molecular flexibility index (Phi) is 3.53. The molecule has 0 radical (unpaired) electrons. The highest BCUT2D eigenvalue weighted by Gasteiger charge is 2.57. The van der Waals surface area contributed by atoms with E-state index in [4.69, 9.17) is 0 Å². The highest BCUT2D eigenvalue weighted by molar-refractivity contribution is 5.46. The maximum atomic E-state index is 10.1. The number of benzene rings is 1. The predicted octanol–water partition coefficient (Wildman–Crippen LogP) is 4.50. The van der Waals surface area contributed by atoms with Gasteiger partial charge in [-0.05, 0) is 73.2 Å². The van der Waals surface area contributed by atoms with Crippen LogP contribution in [0.4, 0.5) is 0 Å². The largest absolute Gasteiger partial charge is 0.508 e. The van der Waals surface area contributed by atoms with Crippen LogP contribution in [-0.2, 0) is 11.8 Å². The minimum absolute atomic E-state index is 0.222. The molecule has 1 N–H and O–H groups in total. The van der Waals surface area contributed by atoms with E-state index in [9.17, 15) is 5.11 Å². The van der Waals surface area contributed by atoms with Crippen LogP contribution in [0, 0.1) is 11.3 Å². The molecule has 0 unspecified atom stereocenters. The molecule has 1 aliphatic heterocycles. The molecular formula is C21H31NO. The highest BCUT2D eigenvalue weighted by Crippen LogP contribution is 2.58. The van der Waals surface area contributed by atoms with E-state index in [1.54, 1.807) is 0 Å². The maximum Gasteiger partial charge on any atom is 0.115 e. The lowest BCUT2D eigenvalue weighted by Crippen LogP contribution is -2.65. The fourth-order valence-corrected chi connectivity index (χ4v) is 5.90. The van der Waals surface area contributed by atoms with Crippen LogP contribution in [-0.4, -0.2) is 29.1 Å². The summed E-state index contributed by atoms with van der Waals surface area (Å²) in [6, 6.07) is 6.78. The van der Waals surface area contributed by atoms with E-state index in [0.29, 0.717) is 11.8 Å². The third-order valence-corrected chi connectivity index (χ3v) is 7.68. The van der Waals surface area contributed by atoms with Crippen molar-refractivity contribution >= 4 is 0 Å². The second kappa shape index (κ2) is 5.24. The summed E-state index contributed by atoms with van der Waals surface area (Å²) >= 11 is 0. The molecule has 1 aromatic rings. The average molecular weight is 313 g/mol. The number of fused-ring (bicyclic) bond motifs is 4. The molecule has 1 heterocycles. The smallest absolute Gasteiger partial charge is 0.115 e. The first-order chi connectivity index (χ1) is 11.0. The Bertz CT molecular complexity index is 604. The van der Waals surface area contributed by atoms with E-state index in [1.165, 1.54) is 56.3 Å². The first-order valence-corrected chi connectivity index (χ1v) is 9.54. The zero-order chi connectivity index (χ0) is 16.2. The van der Waals surface area contributed by atoms with Crippen LogP contribution in [0.5, 0.6) is 5.75 Å². The van der Waals surface area contributed by atoms with Crippen LogP contribution in [0.3, 0.4) is 0 Å². The fourth-order valence-electron chi connectivity index (χ4n) is 5.90. The summed E-state index contributed by atoms with van der Waals surface area (Å²) in [6.45, 7) is 9.86. The quantitative estimate of drug-likeness (QED) is 0.888. The molecule has 23 heavy (non-hydrogen) atoms. The number of hydrogen-bond acceptors (Lipinski definition) is 2. The number of piperidine rings is 1. The van der Waals surface area contributed by atoms with Crippen molar-refractivity contribution in [1.29, 1.82) is 0 Å². The Morgan fingerprint density at radius 1 is 1.26 bits per heavy atom. The molecule has 2 atom stereocenters. The van der Waals surface area contributed by atoms with Crippen LogP contribution in [0.25, 0.3) is 0 Å². The molecule has 3 aliphatic rings. The van der Waals surface area contributed by atoms with Gasteiger partial charge in [-0.25, -0.2) is 0 Å². The molecule has 4 rings (SSSR count). The van der Waals surface area contributed by atoms with Crippen molar-refractivity contribution in [3.8, 4) is 5.75 Å². The summed E-state index contributed by atoms with van der Waals surface area (Å²) in [4.78, 5) is 2.81. The SMILES string of the molecule is CC[C@@]12CCN(CC3CCC3)[C@@H](Cc3ccc(O)cc31)C2(C)C. The normalized spacial score (nSPS) is 33.1. The van der Waals surface area contributed by atoms with Gasteiger partial charge in [0, 0.05) is 18.0 Å². The molecule has 2 aliphatic carbocycles. The molecule has 0 aromatic heterocycles. The molecule has 126 valence electrons. The zero-order valence-corrected chi connectivity index (χ0v) is 14.9. The van der Waals surface area contributed by atoms with Gasteiger partial charge in [0.25, 0.3) is 0 Å². The van der Waals surface area contributed by atoms with E-state index < -0.39 is 0 Å². The van der Waals surface area contributed by atoms with Crippen LogP contribution >= 0.6 is 0 Å². The third kappa shape index (κ3) is 2.10. The molecule has 2 nitrogen and oxygen atoms in total. The van der Waals surface area contributed by atoms with Gasteiger partial charge in [-0.2, -0.15) is 0 Å². The number of phenols is 1. The van der Waals surface area contributed by atoms with Crippen molar-refractivity contribution in [2.45, 2.75) is 70.8 Å². The Labute approximate surface area is 140 Å². The summed E-state index contributed by atoms with van der Waals surface area (Å²) in [5, 5.41) is 10.1. The summed E-state index contributed by atoms with van der Waals surface area (Å²) < 4.78 is 0. The van der Waals surface area contributed by atoms with Gasteiger partial charge < -0.3 is 5.11 Å². The maximum absolute atomic E-state index is 10.1. The lowest BCUT2D eigenvalue weighted by atomic mass is 9.49. The van der Waals surface area contributed by atoms with Gasteiger partial charge in [0.2, 0.25) is 0 Å². The first kappa shape index (κ1) is 15.5. The van der Waals surface area contributed by atoms with Gasteiger partial charge in [0.1, 0.15) is 5.75 Å². The van der Waals surface area contributed by atoms with Crippen molar-refractivity contribution < 1.29 is 5.11 Å². The van der Waals surface area contributed by atoms with Gasteiger partial charge in [-0.3, -0.25) is 4.90 Å². The zero-order valence-electron chi connectivity index (χ0n) is 14.9. The predicted molar refractivity (Wildman–Crippen MR) is 94.9 cm³/mol. The number of likely N-dealkylation sites (tertiary alicyclic amines) is 1. The highest BCUT2D eigenvalue weighted by atomic mass is 16.3. The van der Waals surface area contributed by atoms with Crippen molar-refractivity contribution in [3.63, 3.8) is 0 Å². The monoisotopic (exact) mass is 313 g/mol. The van der Waals surface area contributed by atoms with Gasteiger partial charge in [-0.1, -0.05) is 33.3 Å². The first-order valence-electron chi connectivity index (χ1n) is 9.54. The second-order valence-electron chi connectivity index (χ2n) is 8.76. The van der Waals surface area contributed by atoms with E-state index >= 15 is 0 Å². The van der Waals surface area contributed by atoms with E-state index in [2.05, 4.69) is 37.8 Å². The summed E-state index contributed by atoms with van der Waals surface area (Å²) in [5.74, 6) is 1.38. The second-order valence-corrected chi connectivity index (χ2v) is 8.76. The summed E-state index contributed by atoms with van der Waals surface area (Å²) in [6.07, 6.45) is 7.87. The number of phenolic OH excluding ortho intramolecular Hbond substituents is 1. The van der Waals surface area contributed by atoms with Crippen molar-refractivity contribution in [2.24, 2.45) is 11.3 Å². The van der Waals surface area contributed by atoms with Crippen molar-refractivity contribution in [1.82, 2.24) is 4.90 Å². The van der Waals surface area contributed by atoms with E-state index in [-0.39, 0.29) is 10.8 Å². The van der Waals surface area contributed by atoms with Gasteiger partial charge in [-0.15, -0.1) is 0 Å². The van der Waals surface area contributed by atoms with Crippen LogP contribution in [0.1, 0.15) is 64.0 Å². The average Bonchev–Trinajstić information content (AvgIpc) is 2.46. The standard InChI is InChI=1S/C21H31NO/c1-4-21-10-11-22(14-15-6-5-7-15)19(20(21,2)3)12-16-8-9-17(23)13-18(16)21/h8-9,13,15,19,23H,4-7,10-12,14H2,1-3H3/t19-,21+/m0/s1. The third-order valence-electron chi connectivity index (χ3n) is 7.68. The summed E-state index contributed by atoms with van der Waals surface area (Å²) in [5.41, 5.74) is 3.40. The van der Waals surface area contributed by atoms with Crippen molar-refractivity contribution in [3.05, 3.63) is 29.3 Å². The molecular weight excluding hydrogens is 282 g/mol. The molecule has 0 spiro atoms. The van der Waals surface area contributed by atoms with Gasteiger partial charge in [0.05, 0.1) is 0 Å². The molecule has 1 saturated carbocycles. The number of hydrogen-bond donors (Lipinski definition) is 1. The Morgan fingerprint density at radius 3 is 2.70 bits per heavy atom. The molecule has 1 aromatic carbocycles. The van der Waals surface area contributed by atoms with E-state index in [0.717, 1.165) is 12.3 Å². The van der Waals surface area contributed by atoms with Gasteiger partial charge >= 0.3 is 0 Å². The number of nitrogens with zero attached hydrogens (tertiary/aromatic N) is 1. The van der Waals surface area contributed by atoms with Crippen LogP contribution in [0.15, 0.2) is 18.2 Å². The Balaban J connectivity index is 1.75.